The smallest absolute Gasteiger partial charge is 0.307 e. The van der Waals surface area contributed by atoms with Gasteiger partial charge in [-0.3, -0.25) is 4.79 Å². The lowest BCUT2D eigenvalue weighted by Gasteiger charge is -2.34. The summed E-state index contributed by atoms with van der Waals surface area (Å²) in [5, 5.41) is 8.94. The second-order valence-corrected chi connectivity index (χ2v) is 5.13. The maximum absolute atomic E-state index is 13.8. The Kier molecular flexibility index (Phi) is 3.22. The van der Waals surface area contributed by atoms with E-state index in [0.29, 0.717) is 22.9 Å². The molecule has 86 valence electrons. The molecule has 1 aliphatic carbocycles. The van der Waals surface area contributed by atoms with Crippen molar-refractivity contribution in [1.82, 2.24) is 0 Å². The van der Waals surface area contributed by atoms with E-state index in [1.807, 2.05) is 0 Å². The zero-order chi connectivity index (χ0) is 11.9. The largest absolute Gasteiger partial charge is 0.481 e. The summed E-state index contributed by atoms with van der Waals surface area (Å²) in [6.07, 6.45) is 1.30. The number of rotatable bonds is 2. The SMILES string of the molecule is O=C(O)C1CCC1c1ccc(Br)c(Cl)c1F. The van der Waals surface area contributed by atoms with Gasteiger partial charge in [0.05, 0.1) is 10.9 Å². The van der Waals surface area contributed by atoms with Crippen LogP contribution in [0, 0.1) is 11.7 Å². The minimum Gasteiger partial charge on any atom is -0.481 e. The van der Waals surface area contributed by atoms with Gasteiger partial charge in [-0.2, -0.15) is 0 Å². The van der Waals surface area contributed by atoms with Gasteiger partial charge in [0, 0.05) is 10.4 Å². The van der Waals surface area contributed by atoms with Crippen molar-refractivity contribution >= 4 is 33.5 Å². The lowest BCUT2D eigenvalue weighted by molar-refractivity contribution is -0.145. The van der Waals surface area contributed by atoms with Crippen LogP contribution in [0.15, 0.2) is 16.6 Å². The predicted molar refractivity (Wildman–Crippen MR) is 62.2 cm³/mol. The van der Waals surface area contributed by atoms with E-state index in [0.717, 1.165) is 0 Å². The number of carboxylic acids is 1. The Morgan fingerprint density at radius 1 is 1.50 bits per heavy atom. The van der Waals surface area contributed by atoms with Gasteiger partial charge in [0.1, 0.15) is 5.82 Å². The molecule has 0 aromatic heterocycles. The number of aliphatic carboxylic acids is 1. The van der Waals surface area contributed by atoms with Gasteiger partial charge in [-0.1, -0.05) is 17.7 Å². The summed E-state index contributed by atoms with van der Waals surface area (Å²) in [5.74, 6) is -2.10. The van der Waals surface area contributed by atoms with Crippen LogP contribution in [0.3, 0.4) is 0 Å². The molecule has 1 aromatic rings. The highest BCUT2D eigenvalue weighted by Gasteiger charge is 2.39. The lowest BCUT2D eigenvalue weighted by Crippen LogP contribution is -2.31. The molecule has 16 heavy (non-hydrogen) atoms. The first-order chi connectivity index (χ1) is 7.52. The summed E-state index contributed by atoms with van der Waals surface area (Å²) in [7, 11) is 0. The Labute approximate surface area is 106 Å². The van der Waals surface area contributed by atoms with Crippen molar-refractivity contribution in [3.05, 3.63) is 33.0 Å². The standard InChI is InChI=1S/C11H9BrClFO2/c12-8-4-3-6(10(14)9(8)13)5-1-2-7(5)11(15)16/h3-5,7H,1-2H2,(H,15,16). The van der Waals surface area contributed by atoms with Gasteiger partial charge in [0.15, 0.2) is 0 Å². The molecule has 1 N–H and O–H groups in total. The predicted octanol–water partition coefficient (Wildman–Crippen LogP) is 3.82. The van der Waals surface area contributed by atoms with Crippen molar-refractivity contribution in [2.75, 3.05) is 0 Å². The van der Waals surface area contributed by atoms with E-state index < -0.39 is 17.7 Å². The van der Waals surface area contributed by atoms with Crippen LogP contribution in [0.1, 0.15) is 24.3 Å². The maximum Gasteiger partial charge on any atom is 0.307 e. The van der Waals surface area contributed by atoms with Gasteiger partial charge in [0.25, 0.3) is 0 Å². The minimum atomic E-state index is -0.866. The molecule has 0 spiro atoms. The summed E-state index contributed by atoms with van der Waals surface area (Å²) in [6, 6.07) is 3.25. The first-order valence-electron chi connectivity index (χ1n) is 4.88. The third-order valence-corrected chi connectivity index (χ3v) is 4.31. The molecule has 5 heteroatoms. The zero-order valence-electron chi connectivity index (χ0n) is 8.21. The quantitative estimate of drug-likeness (QED) is 0.843. The van der Waals surface area contributed by atoms with Crippen LogP contribution in [-0.4, -0.2) is 11.1 Å². The van der Waals surface area contributed by atoms with Crippen LogP contribution in [-0.2, 0) is 4.79 Å². The van der Waals surface area contributed by atoms with Crippen molar-refractivity contribution < 1.29 is 14.3 Å². The van der Waals surface area contributed by atoms with Gasteiger partial charge in [-0.15, -0.1) is 0 Å². The van der Waals surface area contributed by atoms with E-state index in [4.69, 9.17) is 16.7 Å². The van der Waals surface area contributed by atoms with Crippen molar-refractivity contribution in [1.29, 1.82) is 0 Å². The van der Waals surface area contributed by atoms with Gasteiger partial charge >= 0.3 is 5.97 Å². The van der Waals surface area contributed by atoms with Crippen LogP contribution < -0.4 is 0 Å². The van der Waals surface area contributed by atoms with Crippen molar-refractivity contribution in [3.63, 3.8) is 0 Å². The van der Waals surface area contributed by atoms with E-state index in [1.165, 1.54) is 0 Å². The highest BCUT2D eigenvalue weighted by molar-refractivity contribution is 9.10. The van der Waals surface area contributed by atoms with Crippen molar-refractivity contribution in [2.45, 2.75) is 18.8 Å². The van der Waals surface area contributed by atoms with Crippen molar-refractivity contribution in [2.24, 2.45) is 5.92 Å². The molecule has 0 radical (unpaired) electrons. The second-order valence-electron chi connectivity index (χ2n) is 3.89. The van der Waals surface area contributed by atoms with Crippen LogP contribution in [0.5, 0.6) is 0 Å². The molecule has 1 aliphatic rings. The molecule has 2 unspecified atom stereocenters. The molecular weight excluding hydrogens is 298 g/mol. The first kappa shape index (κ1) is 11.9. The van der Waals surface area contributed by atoms with Crippen LogP contribution >= 0.6 is 27.5 Å². The number of benzene rings is 1. The molecule has 0 bridgehead atoms. The normalized spacial score (nSPS) is 23.9. The highest BCUT2D eigenvalue weighted by atomic mass is 79.9. The number of hydrogen-bond donors (Lipinski definition) is 1. The van der Waals surface area contributed by atoms with Gasteiger partial charge in [-0.05, 0) is 40.4 Å². The van der Waals surface area contributed by atoms with E-state index in [2.05, 4.69) is 15.9 Å². The molecule has 2 atom stereocenters. The second kappa shape index (κ2) is 4.34. The van der Waals surface area contributed by atoms with Crippen LogP contribution in [0.25, 0.3) is 0 Å². The summed E-state index contributed by atoms with van der Waals surface area (Å²) in [4.78, 5) is 10.9. The van der Waals surface area contributed by atoms with Gasteiger partial charge in [-0.25, -0.2) is 4.39 Å². The monoisotopic (exact) mass is 306 g/mol. The molecule has 0 aliphatic heterocycles. The Hall–Kier alpha value is -0.610. The Morgan fingerprint density at radius 2 is 2.19 bits per heavy atom. The van der Waals surface area contributed by atoms with Crippen LogP contribution in [0.2, 0.25) is 5.02 Å². The van der Waals surface area contributed by atoms with E-state index in [1.54, 1.807) is 12.1 Å². The fraction of sp³-hybridized carbons (Fsp3) is 0.364. The molecule has 0 saturated heterocycles. The average molecular weight is 308 g/mol. The number of carboxylic acid groups (broad SMARTS) is 1. The third-order valence-electron chi connectivity index (χ3n) is 3.06. The fourth-order valence-electron chi connectivity index (χ4n) is 2.00. The van der Waals surface area contributed by atoms with E-state index in [9.17, 15) is 9.18 Å². The van der Waals surface area contributed by atoms with Crippen molar-refractivity contribution in [3.8, 4) is 0 Å². The van der Waals surface area contributed by atoms with Crippen LogP contribution in [0.4, 0.5) is 4.39 Å². The molecular formula is C11H9BrClFO2. The van der Waals surface area contributed by atoms with E-state index in [-0.39, 0.29) is 10.9 Å². The van der Waals surface area contributed by atoms with E-state index >= 15 is 0 Å². The molecule has 0 heterocycles. The number of halogens is 3. The summed E-state index contributed by atoms with van der Waals surface area (Å²) < 4.78 is 14.3. The first-order valence-corrected chi connectivity index (χ1v) is 6.05. The molecule has 2 nitrogen and oxygen atoms in total. The topological polar surface area (TPSA) is 37.3 Å². The molecule has 2 rings (SSSR count). The highest BCUT2D eigenvalue weighted by Crippen LogP contribution is 2.45. The fourth-order valence-corrected chi connectivity index (χ4v) is 2.47. The van der Waals surface area contributed by atoms with Gasteiger partial charge in [0.2, 0.25) is 0 Å². The minimum absolute atomic E-state index is 0.0218. The zero-order valence-corrected chi connectivity index (χ0v) is 10.6. The average Bonchev–Trinajstić information content (AvgIpc) is 2.16. The number of hydrogen-bond acceptors (Lipinski definition) is 1. The Morgan fingerprint density at radius 3 is 2.69 bits per heavy atom. The van der Waals surface area contributed by atoms with Gasteiger partial charge < -0.3 is 5.11 Å². The summed E-state index contributed by atoms with van der Waals surface area (Å²) in [5.41, 5.74) is 0.409. The Balaban J connectivity index is 2.35. The summed E-state index contributed by atoms with van der Waals surface area (Å²) in [6.45, 7) is 0. The molecule has 1 saturated carbocycles. The molecule has 1 fully saturated rings. The number of carbonyl (C=O) groups is 1. The third kappa shape index (κ3) is 1.84. The Bertz CT molecular complexity index is 450. The lowest BCUT2D eigenvalue weighted by atomic mass is 9.70. The summed E-state index contributed by atoms with van der Waals surface area (Å²) >= 11 is 8.89. The molecule has 0 amide bonds. The maximum atomic E-state index is 13.8. The molecule has 1 aromatic carbocycles.